The summed E-state index contributed by atoms with van der Waals surface area (Å²) in [7, 11) is 0. The van der Waals surface area contributed by atoms with Gasteiger partial charge in [0.15, 0.2) is 0 Å². The molecule has 1 aliphatic rings. The third-order valence-corrected chi connectivity index (χ3v) is 8.97. The van der Waals surface area contributed by atoms with Crippen LogP contribution in [0.4, 0.5) is 17.1 Å². The molecule has 0 saturated carbocycles. The Hall–Kier alpha value is -3.05. The first-order valence-electron chi connectivity index (χ1n) is 11.4. The van der Waals surface area contributed by atoms with Crippen molar-refractivity contribution >= 4 is 56.4 Å². The lowest BCUT2D eigenvalue weighted by atomic mass is 10.1. The predicted molar refractivity (Wildman–Crippen MR) is 153 cm³/mol. The summed E-state index contributed by atoms with van der Waals surface area (Å²) in [5, 5.41) is 4.26. The molecule has 0 aliphatic carbocycles. The zero-order valence-corrected chi connectivity index (χ0v) is 21.0. The highest BCUT2D eigenvalue weighted by Gasteiger charge is 2.15. The van der Waals surface area contributed by atoms with Crippen molar-refractivity contribution in [3.05, 3.63) is 119 Å². The van der Waals surface area contributed by atoms with Gasteiger partial charge in [-0.2, -0.15) is 0 Å². The molecule has 1 aliphatic heterocycles. The van der Waals surface area contributed by atoms with Crippen LogP contribution < -0.4 is 4.90 Å². The molecule has 0 bridgehead atoms. The minimum Gasteiger partial charge on any atom is -0.311 e. The van der Waals surface area contributed by atoms with Gasteiger partial charge in [0.05, 0.1) is 0 Å². The number of thiophene rings is 2. The normalized spacial score (nSPS) is 13.1. The molecular weight excluding hydrogens is 471 g/mol. The van der Waals surface area contributed by atoms with Crippen LogP contribution in [-0.2, 0) is 0 Å². The number of hydrogen-bond acceptors (Lipinski definition) is 4. The topological polar surface area (TPSA) is 3.24 Å². The van der Waals surface area contributed by atoms with Crippen LogP contribution in [0.2, 0.25) is 0 Å². The summed E-state index contributed by atoms with van der Waals surface area (Å²) in [5.41, 5.74) is 7.31. The first kappa shape index (κ1) is 21.5. The van der Waals surface area contributed by atoms with Gasteiger partial charge in [0.1, 0.15) is 0 Å². The maximum atomic E-state index is 2.35. The lowest BCUT2D eigenvalue weighted by Gasteiger charge is -2.26. The van der Waals surface area contributed by atoms with Gasteiger partial charge in [-0.3, -0.25) is 0 Å². The minimum absolute atomic E-state index is 1.16. The molecule has 0 unspecified atom stereocenters. The quantitative estimate of drug-likeness (QED) is 0.231. The number of hydrogen-bond donors (Lipinski definition) is 0. The Kier molecular flexibility index (Phi) is 6.11. The molecule has 0 radical (unpaired) electrons. The number of anilines is 3. The second kappa shape index (κ2) is 9.67. The molecule has 6 rings (SSSR count). The maximum absolute atomic E-state index is 2.35. The molecule has 4 heteroatoms. The van der Waals surface area contributed by atoms with E-state index in [0.29, 0.717) is 0 Å². The van der Waals surface area contributed by atoms with E-state index in [0.717, 1.165) is 11.4 Å². The average Bonchev–Trinajstić information content (AvgIpc) is 3.69. The molecular formula is C30H23NS3. The van der Waals surface area contributed by atoms with Crippen molar-refractivity contribution in [1.29, 1.82) is 0 Å². The summed E-state index contributed by atoms with van der Waals surface area (Å²) < 4.78 is 0. The van der Waals surface area contributed by atoms with Gasteiger partial charge in [0.2, 0.25) is 0 Å². The van der Waals surface area contributed by atoms with Crippen LogP contribution in [0.25, 0.3) is 25.8 Å². The van der Waals surface area contributed by atoms with Gasteiger partial charge >= 0.3 is 0 Å². The summed E-state index contributed by atoms with van der Waals surface area (Å²) >= 11 is 5.51. The number of rotatable bonds is 6. The van der Waals surface area contributed by atoms with E-state index < -0.39 is 0 Å². The van der Waals surface area contributed by atoms with Crippen molar-refractivity contribution in [3.63, 3.8) is 0 Å². The standard InChI is InChI=1S/C30H23NS3/c1-4-28(32-19-1)22-7-13-25(14-8-22)31(26-15-9-23(10-16-26)29-5-2-20-33-29)27-17-11-24(12-18-27)30-6-3-21-34-30/h1-2,4-20H,3,21H2. The van der Waals surface area contributed by atoms with Crippen molar-refractivity contribution < 1.29 is 0 Å². The van der Waals surface area contributed by atoms with Crippen LogP contribution in [0, 0.1) is 0 Å². The Morgan fingerprint density at radius 2 is 1.00 bits per heavy atom. The first-order chi connectivity index (χ1) is 16.8. The van der Waals surface area contributed by atoms with Crippen molar-refractivity contribution in [1.82, 2.24) is 0 Å². The molecule has 34 heavy (non-hydrogen) atoms. The smallest absolute Gasteiger partial charge is 0.0462 e. The summed E-state index contributed by atoms with van der Waals surface area (Å²) in [6.45, 7) is 0. The lowest BCUT2D eigenvalue weighted by molar-refractivity contribution is 1.27. The molecule has 0 amide bonds. The van der Waals surface area contributed by atoms with Crippen molar-refractivity contribution in [2.75, 3.05) is 10.7 Å². The molecule has 0 fully saturated rings. The van der Waals surface area contributed by atoms with Gasteiger partial charge in [0.25, 0.3) is 0 Å². The average molecular weight is 494 g/mol. The molecule has 0 N–H and O–H groups in total. The van der Waals surface area contributed by atoms with Crippen molar-refractivity contribution in [3.8, 4) is 20.9 Å². The maximum Gasteiger partial charge on any atom is 0.0462 e. The molecule has 3 aromatic carbocycles. The van der Waals surface area contributed by atoms with E-state index in [9.17, 15) is 0 Å². The molecule has 3 heterocycles. The second-order valence-electron chi connectivity index (χ2n) is 8.14. The highest BCUT2D eigenvalue weighted by atomic mass is 32.2. The fourth-order valence-electron chi connectivity index (χ4n) is 4.28. The third kappa shape index (κ3) is 4.37. The lowest BCUT2D eigenvalue weighted by Crippen LogP contribution is -2.09. The van der Waals surface area contributed by atoms with E-state index in [4.69, 9.17) is 0 Å². The van der Waals surface area contributed by atoms with E-state index >= 15 is 0 Å². The molecule has 0 saturated heterocycles. The van der Waals surface area contributed by atoms with Gasteiger partial charge in [-0.1, -0.05) is 54.6 Å². The Bertz CT molecular complexity index is 1300. The van der Waals surface area contributed by atoms with E-state index in [1.54, 1.807) is 22.7 Å². The highest BCUT2D eigenvalue weighted by Crippen LogP contribution is 2.39. The van der Waals surface area contributed by atoms with E-state index in [1.165, 1.54) is 49.2 Å². The van der Waals surface area contributed by atoms with E-state index in [2.05, 4.69) is 119 Å². The molecule has 0 atom stereocenters. The SMILES string of the molecule is C1=C(c2ccc(N(c3ccc(-c4cccs4)cc3)c3ccc(-c4cccs4)cc3)cc2)SCC1. The third-order valence-electron chi connectivity index (χ3n) is 5.98. The summed E-state index contributed by atoms with van der Waals surface area (Å²) in [5.74, 6) is 1.19. The van der Waals surface area contributed by atoms with Gasteiger partial charge in [0, 0.05) is 37.5 Å². The fraction of sp³-hybridized carbons (Fsp3) is 0.0667. The summed E-state index contributed by atoms with van der Waals surface area (Å²) in [6, 6.07) is 35.4. The van der Waals surface area contributed by atoms with Crippen molar-refractivity contribution in [2.45, 2.75) is 6.42 Å². The van der Waals surface area contributed by atoms with Crippen LogP contribution >= 0.6 is 34.4 Å². The van der Waals surface area contributed by atoms with Crippen LogP contribution in [0.5, 0.6) is 0 Å². The number of nitrogens with zero attached hydrogens (tertiary/aromatic N) is 1. The zero-order valence-electron chi connectivity index (χ0n) is 18.6. The summed E-state index contributed by atoms with van der Waals surface area (Å²) in [4.78, 5) is 6.34. The second-order valence-corrected chi connectivity index (χ2v) is 11.2. The predicted octanol–water partition coefficient (Wildman–Crippen LogP) is 10.1. The van der Waals surface area contributed by atoms with Gasteiger partial charge < -0.3 is 4.90 Å². The van der Waals surface area contributed by atoms with Gasteiger partial charge in [-0.15, -0.1) is 34.4 Å². The monoisotopic (exact) mass is 493 g/mol. The minimum atomic E-state index is 1.16. The van der Waals surface area contributed by atoms with Gasteiger partial charge in [-0.25, -0.2) is 0 Å². The van der Waals surface area contributed by atoms with Crippen LogP contribution in [-0.4, -0.2) is 5.75 Å². The fourth-order valence-corrected chi connectivity index (χ4v) is 6.74. The van der Waals surface area contributed by atoms with E-state index in [-0.39, 0.29) is 0 Å². The van der Waals surface area contributed by atoms with E-state index in [1.807, 2.05) is 11.8 Å². The largest absolute Gasteiger partial charge is 0.311 e. The molecule has 2 aromatic heterocycles. The Balaban J connectivity index is 1.38. The molecule has 0 spiro atoms. The number of thioether (sulfide) groups is 1. The molecule has 5 aromatic rings. The Morgan fingerprint density at radius 1 is 0.529 bits per heavy atom. The highest BCUT2D eigenvalue weighted by molar-refractivity contribution is 8.08. The molecule has 1 nitrogen and oxygen atoms in total. The van der Waals surface area contributed by atoms with Crippen LogP contribution in [0.15, 0.2) is 114 Å². The van der Waals surface area contributed by atoms with Crippen LogP contribution in [0.1, 0.15) is 12.0 Å². The molecule has 166 valence electrons. The Morgan fingerprint density at radius 3 is 1.38 bits per heavy atom. The van der Waals surface area contributed by atoms with Gasteiger partial charge in [-0.05, 0) is 82.4 Å². The summed E-state index contributed by atoms with van der Waals surface area (Å²) in [6.07, 6.45) is 3.52. The number of allylic oxidation sites excluding steroid dienone is 1. The van der Waals surface area contributed by atoms with Crippen molar-refractivity contribution in [2.24, 2.45) is 0 Å². The Labute approximate surface area is 213 Å². The zero-order chi connectivity index (χ0) is 22.7. The van der Waals surface area contributed by atoms with Crippen LogP contribution in [0.3, 0.4) is 0 Å². The number of benzene rings is 3. The first-order valence-corrected chi connectivity index (χ1v) is 14.1.